The van der Waals surface area contributed by atoms with Crippen molar-refractivity contribution in [3.05, 3.63) is 0 Å². The predicted molar refractivity (Wildman–Crippen MR) is 70.2 cm³/mol. The second kappa shape index (κ2) is 9.21. The van der Waals surface area contributed by atoms with Crippen molar-refractivity contribution in [3.8, 4) is 0 Å². The van der Waals surface area contributed by atoms with E-state index in [1.165, 1.54) is 38.8 Å². The minimum absolute atomic E-state index is 0.774. The summed E-state index contributed by atoms with van der Waals surface area (Å²) in [5, 5.41) is 3.60. The SMILES string of the molecule is CCCCC(CNCC(C)C)CC(C)C. The first-order valence-electron chi connectivity index (χ1n) is 6.76. The van der Waals surface area contributed by atoms with Gasteiger partial charge in [0.05, 0.1) is 0 Å². The fourth-order valence-corrected chi connectivity index (χ4v) is 2.04. The van der Waals surface area contributed by atoms with Gasteiger partial charge in [0.2, 0.25) is 0 Å². The smallest absolute Gasteiger partial charge is 0.00203 e. The monoisotopic (exact) mass is 213 g/mol. The number of nitrogens with one attached hydrogen (secondary N) is 1. The second-order valence-electron chi connectivity index (χ2n) is 5.69. The summed E-state index contributed by atoms with van der Waals surface area (Å²) in [5.74, 6) is 2.51. The van der Waals surface area contributed by atoms with Crippen LogP contribution in [0.1, 0.15) is 60.3 Å². The zero-order valence-electron chi connectivity index (χ0n) is 11.5. The molecule has 0 aromatic rings. The maximum atomic E-state index is 3.60. The Kier molecular flexibility index (Phi) is 9.18. The first-order valence-corrected chi connectivity index (χ1v) is 6.76. The highest BCUT2D eigenvalue weighted by Crippen LogP contribution is 2.17. The Bertz CT molecular complexity index is 129. The van der Waals surface area contributed by atoms with Crippen LogP contribution >= 0.6 is 0 Å². The van der Waals surface area contributed by atoms with E-state index in [1.54, 1.807) is 0 Å². The fraction of sp³-hybridized carbons (Fsp3) is 1.00. The number of hydrogen-bond acceptors (Lipinski definition) is 1. The zero-order chi connectivity index (χ0) is 11.7. The van der Waals surface area contributed by atoms with E-state index in [4.69, 9.17) is 0 Å². The van der Waals surface area contributed by atoms with Crippen LogP contribution in [0.25, 0.3) is 0 Å². The molecule has 0 aromatic heterocycles. The van der Waals surface area contributed by atoms with Crippen LogP contribution in [0.4, 0.5) is 0 Å². The largest absolute Gasteiger partial charge is 0.316 e. The number of rotatable bonds is 9. The minimum atomic E-state index is 0.774. The van der Waals surface area contributed by atoms with E-state index < -0.39 is 0 Å². The molecule has 0 bridgehead atoms. The van der Waals surface area contributed by atoms with Crippen molar-refractivity contribution >= 4 is 0 Å². The Hall–Kier alpha value is -0.0400. The van der Waals surface area contributed by atoms with Gasteiger partial charge < -0.3 is 5.32 Å². The van der Waals surface area contributed by atoms with Gasteiger partial charge in [0, 0.05) is 0 Å². The molecule has 0 radical (unpaired) electrons. The third-order valence-electron chi connectivity index (χ3n) is 2.76. The van der Waals surface area contributed by atoms with E-state index in [0.717, 1.165) is 17.8 Å². The fourth-order valence-electron chi connectivity index (χ4n) is 2.04. The van der Waals surface area contributed by atoms with Crippen molar-refractivity contribution in [1.29, 1.82) is 0 Å². The highest BCUT2D eigenvalue weighted by molar-refractivity contribution is 4.65. The van der Waals surface area contributed by atoms with Crippen molar-refractivity contribution < 1.29 is 0 Å². The Balaban J connectivity index is 3.69. The van der Waals surface area contributed by atoms with Crippen molar-refractivity contribution in [2.24, 2.45) is 17.8 Å². The van der Waals surface area contributed by atoms with Gasteiger partial charge in [-0.05, 0) is 43.7 Å². The molecule has 0 fully saturated rings. The Labute approximate surface area is 97.0 Å². The molecule has 0 aliphatic rings. The van der Waals surface area contributed by atoms with Crippen LogP contribution in [0, 0.1) is 17.8 Å². The van der Waals surface area contributed by atoms with Gasteiger partial charge in [0.15, 0.2) is 0 Å². The molecule has 15 heavy (non-hydrogen) atoms. The second-order valence-corrected chi connectivity index (χ2v) is 5.69. The summed E-state index contributed by atoms with van der Waals surface area (Å²) in [7, 11) is 0. The van der Waals surface area contributed by atoms with E-state index in [-0.39, 0.29) is 0 Å². The summed E-state index contributed by atoms with van der Waals surface area (Å²) in [5.41, 5.74) is 0. The summed E-state index contributed by atoms with van der Waals surface area (Å²) >= 11 is 0. The van der Waals surface area contributed by atoms with E-state index >= 15 is 0 Å². The van der Waals surface area contributed by atoms with Gasteiger partial charge >= 0.3 is 0 Å². The molecule has 0 aliphatic heterocycles. The van der Waals surface area contributed by atoms with Crippen molar-refractivity contribution in [3.63, 3.8) is 0 Å². The molecule has 0 heterocycles. The van der Waals surface area contributed by atoms with E-state index in [1.807, 2.05) is 0 Å². The molecule has 0 spiro atoms. The van der Waals surface area contributed by atoms with E-state index in [0.29, 0.717) is 0 Å². The molecule has 0 saturated carbocycles. The molecule has 1 nitrogen and oxygen atoms in total. The molecule has 1 heteroatoms. The molecule has 1 N–H and O–H groups in total. The average molecular weight is 213 g/mol. The van der Waals surface area contributed by atoms with Gasteiger partial charge in [-0.15, -0.1) is 0 Å². The van der Waals surface area contributed by atoms with Crippen LogP contribution in [0.5, 0.6) is 0 Å². The Morgan fingerprint density at radius 1 is 0.933 bits per heavy atom. The molecular formula is C14H31N. The topological polar surface area (TPSA) is 12.0 Å². The molecule has 0 amide bonds. The van der Waals surface area contributed by atoms with Crippen LogP contribution in [-0.4, -0.2) is 13.1 Å². The Morgan fingerprint density at radius 3 is 2.07 bits per heavy atom. The molecule has 92 valence electrons. The highest BCUT2D eigenvalue weighted by atomic mass is 14.9. The summed E-state index contributed by atoms with van der Waals surface area (Å²) < 4.78 is 0. The molecule has 1 atom stereocenters. The van der Waals surface area contributed by atoms with Gasteiger partial charge in [-0.25, -0.2) is 0 Å². The average Bonchev–Trinajstić information content (AvgIpc) is 2.12. The summed E-state index contributed by atoms with van der Waals surface area (Å²) in [6.07, 6.45) is 5.50. The van der Waals surface area contributed by atoms with Crippen LogP contribution in [0.2, 0.25) is 0 Å². The third-order valence-corrected chi connectivity index (χ3v) is 2.76. The van der Waals surface area contributed by atoms with Crippen molar-refractivity contribution in [2.45, 2.75) is 60.3 Å². The van der Waals surface area contributed by atoms with Crippen LogP contribution in [0.3, 0.4) is 0 Å². The van der Waals surface area contributed by atoms with Gasteiger partial charge in [-0.1, -0.05) is 47.5 Å². The molecule has 0 aliphatic carbocycles. The first kappa shape index (κ1) is 15.0. The van der Waals surface area contributed by atoms with Crippen LogP contribution in [0.15, 0.2) is 0 Å². The maximum Gasteiger partial charge on any atom is -0.00203 e. The lowest BCUT2D eigenvalue weighted by Crippen LogP contribution is -2.27. The van der Waals surface area contributed by atoms with Crippen LogP contribution in [-0.2, 0) is 0 Å². The lowest BCUT2D eigenvalue weighted by molar-refractivity contribution is 0.351. The molecular weight excluding hydrogens is 182 g/mol. The lowest BCUT2D eigenvalue weighted by Gasteiger charge is -2.20. The van der Waals surface area contributed by atoms with E-state index in [9.17, 15) is 0 Å². The summed E-state index contributed by atoms with van der Waals surface area (Å²) in [4.78, 5) is 0. The van der Waals surface area contributed by atoms with Gasteiger partial charge in [0.25, 0.3) is 0 Å². The quantitative estimate of drug-likeness (QED) is 0.608. The molecule has 0 aromatic carbocycles. The van der Waals surface area contributed by atoms with Crippen molar-refractivity contribution in [2.75, 3.05) is 13.1 Å². The summed E-state index contributed by atoms with van der Waals surface area (Å²) in [6, 6.07) is 0. The molecule has 0 rings (SSSR count). The van der Waals surface area contributed by atoms with Crippen LogP contribution < -0.4 is 5.32 Å². The summed E-state index contributed by atoms with van der Waals surface area (Å²) in [6.45, 7) is 13.9. The lowest BCUT2D eigenvalue weighted by atomic mass is 9.92. The molecule has 1 unspecified atom stereocenters. The molecule has 0 saturated heterocycles. The van der Waals surface area contributed by atoms with Crippen molar-refractivity contribution in [1.82, 2.24) is 5.32 Å². The third kappa shape index (κ3) is 10.2. The first-order chi connectivity index (χ1) is 7.06. The highest BCUT2D eigenvalue weighted by Gasteiger charge is 2.10. The predicted octanol–water partition coefficient (Wildman–Crippen LogP) is 4.08. The maximum absolute atomic E-state index is 3.60. The van der Waals surface area contributed by atoms with Gasteiger partial charge in [-0.3, -0.25) is 0 Å². The number of hydrogen-bond donors (Lipinski definition) is 1. The van der Waals surface area contributed by atoms with Gasteiger partial charge in [-0.2, -0.15) is 0 Å². The number of unbranched alkanes of at least 4 members (excludes halogenated alkanes) is 1. The van der Waals surface area contributed by atoms with E-state index in [2.05, 4.69) is 39.9 Å². The van der Waals surface area contributed by atoms with Gasteiger partial charge in [0.1, 0.15) is 0 Å². The minimum Gasteiger partial charge on any atom is -0.316 e. The normalized spacial score (nSPS) is 13.8. The Morgan fingerprint density at radius 2 is 1.60 bits per heavy atom. The zero-order valence-corrected chi connectivity index (χ0v) is 11.5. The standard InChI is InChI=1S/C14H31N/c1-6-7-8-14(9-12(2)3)11-15-10-13(4)5/h12-15H,6-11H2,1-5H3.